The zero-order chi connectivity index (χ0) is 21.3. The molecule has 1 rings (SSSR count). The molecule has 0 radical (unpaired) electrons. The van der Waals surface area contributed by atoms with E-state index in [2.05, 4.69) is 34.6 Å². The molecule has 0 atom stereocenters. The Labute approximate surface area is 177 Å². The first-order valence-electron chi connectivity index (χ1n) is 12.2. The van der Waals surface area contributed by atoms with Gasteiger partial charge in [-0.2, -0.15) is 0 Å². The van der Waals surface area contributed by atoms with E-state index in [4.69, 9.17) is 19.9 Å². The predicted octanol–water partition coefficient (Wildman–Crippen LogP) is 6.85. The second-order valence-corrected chi connectivity index (χ2v) is 7.63. The molecule has 0 bridgehead atoms. The summed E-state index contributed by atoms with van der Waals surface area (Å²) >= 11 is 0. The Balaban J connectivity index is 0. The molecule has 0 aliphatic carbocycles. The van der Waals surface area contributed by atoms with E-state index < -0.39 is 0 Å². The van der Waals surface area contributed by atoms with Crippen molar-refractivity contribution >= 4 is 0 Å². The molecular formula is C24H53NO3. The molecule has 0 aromatic carbocycles. The minimum absolute atomic E-state index is 0.343. The highest BCUT2D eigenvalue weighted by molar-refractivity contribution is 4.73. The van der Waals surface area contributed by atoms with Crippen molar-refractivity contribution in [3.8, 4) is 0 Å². The van der Waals surface area contributed by atoms with E-state index >= 15 is 0 Å². The van der Waals surface area contributed by atoms with Crippen molar-refractivity contribution in [2.45, 2.75) is 124 Å². The van der Waals surface area contributed by atoms with Gasteiger partial charge in [0.25, 0.3) is 0 Å². The lowest BCUT2D eigenvalue weighted by molar-refractivity contribution is -0.268. The lowest BCUT2D eigenvalue weighted by atomic mass is 10.1. The van der Waals surface area contributed by atoms with Gasteiger partial charge in [0.1, 0.15) is 0 Å². The summed E-state index contributed by atoms with van der Waals surface area (Å²) in [5.74, 6) is -0.343. The van der Waals surface area contributed by atoms with Gasteiger partial charge in [-0.05, 0) is 25.8 Å². The maximum absolute atomic E-state index is 5.82. The fraction of sp³-hybridized carbons (Fsp3) is 1.00. The fourth-order valence-corrected chi connectivity index (χ4v) is 2.80. The minimum Gasteiger partial charge on any atom is -0.381 e. The first-order chi connectivity index (χ1) is 13.7. The summed E-state index contributed by atoms with van der Waals surface area (Å²) in [5.41, 5.74) is 5.03. The second-order valence-electron chi connectivity index (χ2n) is 7.63. The summed E-state index contributed by atoms with van der Waals surface area (Å²) in [6.07, 6.45) is 16.4. The molecular weight excluding hydrogens is 350 g/mol. The number of unbranched alkanes of at least 4 members (excludes halogenated alkanes) is 7. The monoisotopic (exact) mass is 403 g/mol. The van der Waals surface area contributed by atoms with Gasteiger partial charge in [-0.15, -0.1) is 0 Å². The Morgan fingerprint density at radius 3 is 1.36 bits per heavy atom. The molecule has 1 heterocycles. The van der Waals surface area contributed by atoms with Gasteiger partial charge in [-0.25, -0.2) is 0 Å². The van der Waals surface area contributed by atoms with Crippen molar-refractivity contribution in [3.63, 3.8) is 0 Å². The Bertz CT molecular complexity index is 249. The molecule has 4 heteroatoms. The predicted molar refractivity (Wildman–Crippen MR) is 123 cm³/mol. The van der Waals surface area contributed by atoms with Crippen LogP contribution in [0.1, 0.15) is 118 Å². The van der Waals surface area contributed by atoms with E-state index in [0.29, 0.717) is 0 Å². The van der Waals surface area contributed by atoms with Gasteiger partial charge in [0.05, 0.1) is 13.2 Å². The number of rotatable bonds is 14. The first kappa shape index (κ1) is 30.0. The Kier molecular flexibility index (Phi) is 26.7. The van der Waals surface area contributed by atoms with Crippen LogP contribution in [-0.4, -0.2) is 38.8 Å². The molecule has 0 spiro atoms. The van der Waals surface area contributed by atoms with E-state index in [9.17, 15) is 0 Å². The molecule has 2 N–H and O–H groups in total. The van der Waals surface area contributed by atoms with Gasteiger partial charge in [0, 0.05) is 26.1 Å². The molecule has 1 saturated heterocycles. The highest BCUT2D eigenvalue weighted by Crippen LogP contribution is 2.27. The van der Waals surface area contributed by atoms with Crippen molar-refractivity contribution in [2.75, 3.05) is 33.0 Å². The van der Waals surface area contributed by atoms with Crippen LogP contribution in [0.3, 0.4) is 0 Å². The quantitative estimate of drug-likeness (QED) is 0.254. The van der Waals surface area contributed by atoms with E-state index in [-0.39, 0.29) is 5.79 Å². The molecule has 0 unspecified atom stereocenters. The summed E-state index contributed by atoms with van der Waals surface area (Å²) in [6, 6.07) is 0. The van der Waals surface area contributed by atoms with Crippen LogP contribution in [0.5, 0.6) is 0 Å². The van der Waals surface area contributed by atoms with Gasteiger partial charge < -0.3 is 19.9 Å². The van der Waals surface area contributed by atoms with Crippen LogP contribution in [0.2, 0.25) is 0 Å². The molecule has 1 fully saturated rings. The third-order valence-electron chi connectivity index (χ3n) is 4.64. The van der Waals surface area contributed by atoms with E-state index in [1.165, 1.54) is 51.4 Å². The molecule has 0 aromatic heterocycles. The molecule has 28 heavy (non-hydrogen) atoms. The van der Waals surface area contributed by atoms with Crippen molar-refractivity contribution in [1.82, 2.24) is 0 Å². The molecule has 1 aliphatic rings. The molecule has 1 aliphatic heterocycles. The lowest BCUT2D eigenvalue weighted by Gasteiger charge is -2.36. The average molecular weight is 404 g/mol. The molecule has 0 amide bonds. The topological polar surface area (TPSA) is 53.7 Å². The third-order valence-corrected chi connectivity index (χ3v) is 4.64. The Hall–Kier alpha value is -0.160. The number of nitrogens with two attached hydrogens (primary N) is 1. The van der Waals surface area contributed by atoms with Crippen LogP contribution in [0, 0.1) is 0 Å². The highest BCUT2D eigenvalue weighted by Gasteiger charge is 2.34. The molecule has 0 saturated carbocycles. The smallest absolute Gasteiger partial charge is 0.172 e. The van der Waals surface area contributed by atoms with Gasteiger partial charge in [0.2, 0.25) is 0 Å². The second kappa shape index (κ2) is 24.9. The first-order valence-corrected chi connectivity index (χ1v) is 12.2. The van der Waals surface area contributed by atoms with Gasteiger partial charge in [0.15, 0.2) is 5.79 Å². The zero-order valence-corrected chi connectivity index (χ0v) is 20.0. The van der Waals surface area contributed by atoms with Gasteiger partial charge >= 0.3 is 0 Å². The molecule has 0 aromatic rings. The average Bonchev–Trinajstić information content (AvgIpc) is 2.75. The SMILES string of the molecule is CCCCCCCCCC.CCCN.CCCOC1(OCCC)CCOCC1. The maximum atomic E-state index is 5.82. The minimum atomic E-state index is -0.343. The summed E-state index contributed by atoms with van der Waals surface area (Å²) in [6.45, 7) is 14.7. The summed E-state index contributed by atoms with van der Waals surface area (Å²) in [4.78, 5) is 0. The van der Waals surface area contributed by atoms with Crippen LogP contribution < -0.4 is 5.73 Å². The van der Waals surface area contributed by atoms with E-state index in [1.54, 1.807) is 0 Å². The maximum Gasteiger partial charge on any atom is 0.172 e. The van der Waals surface area contributed by atoms with E-state index in [0.717, 1.165) is 65.1 Å². The number of hydrogen-bond acceptors (Lipinski definition) is 4. The molecule has 4 nitrogen and oxygen atoms in total. The van der Waals surface area contributed by atoms with Crippen molar-refractivity contribution < 1.29 is 14.2 Å². The van der Waals surface area contributed by atoms with Gasteiger partial charge in [-0.3, -0.25) is 0 Å². The standard InChI is InChI=1S/C11H22O3.C10H22.C3H9N/c1-3-7-13-11(14-8-4-2)5-9-12-10-6-11;1-3-5-7-9-10-8-6-4-2;1-2-3-4/h3-10H2,1-2H3;3-10H2,1-2H3;2-4H2,1H3. The van der Waals surface area contributed by atoms with Crippen molar-refractivity contribution in [3.05, 3.63) is 0 Å². The fourth-order valence-electron chi connectivity index (χ4n) is 2.80. The molecule has 172 valence electrons. The van der Waals surface area contributed by atoms with Crippen molar-refractivity contribution in [1.29, 1.82) is 0 Å². The normalized spacial score (nSPS) is 15.2. The third kappa shape index (κ3) is 20.6. The van der Waals surface area contributed by atoms with Crippen LogP contribution in [0.25, 0.3) is 0 Å². The van der Waals surface area contributed by atoms with Crippen molar-refractivity contribution in [2.24, 2.45) is 5.73 Å². The Morgan fingerprint density at radius 1 is 0.643 bits per heavy atom. The lowest BCUT2D eigenvalue weighted by Crippen LogP contribution is -2.42. The largest absolute Gasteiger partial charge is 0.381 e. The van der Waals surface area contributed by atoms with Crippen LogP contribution in [-0.2, 0) is 14.2 Å². The Morgan fingerprint density at radius 2 is 1.04 bits per heavy atom. The number of ether oxygens (including phenoxy) is 3. The highest BCUT2D eigenvalue weighted by atomic mass is 16.7. The summed E-state index contributed by atoms with van der Waals surface area (Å²) in [7, 11) is 0. The van der Waals surface area contributed by atoms with Crippen LogP contribution in [0.4, 0.5) is 0 Å². The summed E-state index contributed by atoms with van der Waals surface area (Å²) in [5, 5.41) is 0. The van der Waals surface area contributed by atoms with Crippen LogP contribution >= 0.6 is 0 Å². The zero-order valence-electron chi connectivity index (χ0n) is 20.0. The number of hydrogen-bond donors (Lipinski definition) is 1. The van der Waals surface area contributed by atoms with Gasteiger partial charge in [-0.1, -0.05) is 86.0 Å². The van der Waals surface area contributed by atoms with Crippen LogP contribution in [0.15, 0.2) is 0 Å². The van der Waals surface area contributed by atoms with E-state index in [1.807, 2.05) is 0 Å². The summed E-state index contributed by atoms with van der Waals surface area (Å²) < 4.78 is 17.0.